The number of hydrogen-bond acceptors (Lipinski definition) is 6. The molecule has 26 heavy (non-hydrogen) atoms. The molecule has 1 amide bonds. The number of nitro benzene ring substituents is 1. The number of amides is 1. The highest BCUT2D eigenvalue weighted by atomic mass is 32.1. The van der Waals surface area contributed by atoms with Gasteiger partial charge in [0.05, 0.1) is 17.6 Å². The number of benzene rings is 1. The molecule has 0 saturated carbocycles. The lowest BCUT2D eigenvalue weighted by Gasteiger charge is -2.25. The highest BCUT2D eigenvalue weighted by Crippen LogP contribution is 2.19. The predicted molar refractivity (Wildman–Crippen MR) is 97.3 cm³/mol. The molecule has 7 nitrogen and oxygen atoms in total. The van der Waals surface area contributed by atoms with Crippen LogP contribution in [0.5, 0.6) is 5.75 Å². The van der Waals surface area contributed by atoms with Gasteiger partial charge < -0.3 is 14.4 Å². The zero-order valence-electron chi connectivity index (χ0n) is 14.2. The lowest BCUT2D eigenvalue weighted by Crippen LogP contribution is -2.39. The summed E-state index contributed by atoms with van der Waals surface area (Å²) in [5, 5.41) is 12.7. The van der Waals surface area contributed by atoms with E-state index in [1.54, 1.807) is 16.2 Å². The van der Waals surface area contributed by atoms with Gasteiger partial charge in [-0.25, -0.2) is 0 Å². The van der Waals surface area contributed by atoms with Gasteiger partial charge in [0.25, 0.3) is 11.6 Å². The molecule has 1 aliphatic heterocycles. The van der Waals surface area contributed by atoms with E-state index in [1.165, 1.54) is 24.3 Å². The molecule has 0 N–H and O–H groups in total. The third kappa shape index (κ3) is 5.03. The Bertz CT molecular complexity index is 727. The molecule has 0 radical (unpaired) electrons. The molecule has 1 saturated heterocycles. The summed E-state index contributed by atoms with van der Waals surface area (Å²) in [5.41, 5.74) is -0.0126. The highest BCUT2D eigenvalue weighted by Gasteiger charge is 2.23. The summed E-state index contributed by atoms with van der Waals surface area (Å²) in [4.78, 5) is 25.7. The average molecular weight is 376 g/mol. The van der Waals surface area contributed by atoms with E-state index in [9.17, 15) is 14.9 Å². The summed E-state index contributed by atoms with van der Waals surface area (Å²) in [5.74, 6) is 0.296. The second kappa shape index (κ2) is 8.77. The maximum Gasteiger partial charge on any atom is 0.269 e. The predicted octanol–water partition coefficient (Wildman–Crippen LogP) is 3.24. The normalized spacial score (nSPS) is 16.4. The van der Waals surface area contributed by atoms with Crippen molar-refractivity contribution in [2.24, 2.45) is 0 Å². The Hall–Kier alpha value is -2.45. The first-order chi connectivity index (χ1) is 12.6. The van der Waals surface area contributed by atoms with Gasteiger partial charge in [0.15, 0.2) is 6.61 Å². The van der Waals surface area contributed by atoms with Crippen molar-refractivity contribution in [1.29, 1.82) is 0 Å². The van der Waals surface area contributed by atoms with E-state index in [4.69, 9.17) is 9.47 Å². The van der Waals surface area contributed by atoms with Crippen LogP contribution in [0.15, 0.2) is 41.8 Å². The Labute approximate surface area is 155 Å². The molecule has 1 aromatic heterocycles. The van der Waals surface area contributed by atoms with E-state index in [0.29, 0.717) is 18.8 Å². The third-order valence-electron chi connectivity index (χ3n) is 4.14. The molecule has 1 unspecified atom stereocenters. The largest absolute Gasteiger partial charge is 0.484 e. The Kier molecular flexibility index (Phi) is 6.19. The number of carbonyl (C=O) groups excluding carboxylic acids is 1. The lowest BCUT2D eigenvalue weighted by atomic mass is 10.2. The smallest absolute Gasteiger partial charge is 0.269 e. The van der Waals surface area contributed by atoms with Gasteiger partial charge in [-0.3, -0.25) is 14.9 Å². The molecular weight excluding hydrogens is 356 g/mol. The molecule has 0 spiro atoms. The number of thiophene rings is 1. The van der Waals surface area contributed by atoms with Crippen molar-refractivity contribution < 1.29 is 19.2 Å². The molecule has 2 heterocycles. The van der Waals surface area contributed by atoms with Crippen molar-refractivity contribution in [3.8, 4) is 5.75 Å². The molecule has 0 aliphatic carbocycles. The van der Waals surface area contributed by atoms with Crippen LogP contribution in [0.3, 0.4) is 0 Å². The van der Waals surface area contributed by atoms with Gasteiger partial charge in [-0.1, -0.05) is 6.07 Å². The van der Waals surface area contributed by atoms with E-state index >= 15 is 0 Å². The van der Waals surface area contributed by atoms with Gasteiger partial charge in [0.2, 0.25) is 0 Å². The minimum atomic E-state index is -0.473. The SMILES string of the molecule is O=C(COc1ccc([N+](=O)[O-])cc1)N(Cc1cccs1)CC1CCCO1. The van der Waals surface area contributed by atoms with E-state index < -0.39 is 4.92 Å². The molecule has 1 fully saturated rings. The second-order valence-electron chi connectivity index (χ2n) is 6.03. The maximum atomic E-state index is 12.6. The van der Waals surface area contributed by atoms with E-state index in [1.807, 2.05) is 17.5 Å². The Morgan fingerprint density at radius 3 is 2.77 bits per heavy atom. The Morgan fingerprint density at radius 2 is 2.15 bits per heavy atom. The van der Waals surface area contributed by atoms with Crippen molar-refractivity contribution >= 4 is 22.9 Å². The summed E-state index contributed by atoms with van der Waals surface area (Å²) in [6.45, 7) is 1.70. The number of nitrogens with zero attached hydrogens (tertiary/aromatic N) is 2. The van der Waals surface area contributed by atoms with Gasteiger partial charge in [-0.15, -0.1) is 11.3 Å². The fourth-order valence-electron chi connectivity index (χ4n) is 2.78. The first-order valence-corrected chi connectivity index (χ1v) is 9.29. The third-order valence-corrected chi connectivity index (χ3v) is 5.00. The second-order valence-corrected chi connectivity index (χ2v) is 7.06. The number of rotatable bonds is 8. The molecule has 2 aromatic rings. The summed E-state index contributed by atoms with van der Waals surface area (Å²) in [7, 11) is 0. The molecule has 138 valence electrons. The average Bonchev–Trinajstić information content (AvgIpc) is 3.33. The summed E-state index contributed by atoms with van der Waals surface area (Å²) < 4.78 is 11.2. The highest BCUT2D eigenvalue weighted by molar-refractivity contribution is 7.09. The standard InChI is InChI=1S/C18H20N2O5S/c21-18(13-25-15-7-5-14(6-8-15)20(22)23)19(11-16-3-1-9-24-16)12-17-4-2-10-26-17/h2,4-8,10,16H,1,3,9,11-13H2. The van der Waals surface area contributed by atoms with Crippen LogP contribution in [-0.2, 0) is 16.1 Å². The van der Waals surface area contributed by atoms with Crippen LogP contribution >= 0.6 is 11.3 Å². The molecule has 1 aliphatic rings. The van der Waals surface area contributed by atoms with Gasteiger partial charge in [-0.2, -0.15) is 0 Å². The monoisotopic (exact) mass is 376 g/mol. The number of ether oxygens (including phenoxy) is 2. The maximum absolute atomic E-state index is 12.6. The van der Waals surface area contributed by atoms with Crippen LogP contribution < -0.4 is 4.74 Å². The fourth-order valence-corrected chi connectivity index (χ4v) is 3.50. The van der Waals surface area contributed by atoms with Crippen molar-refractivity contribution in [2.45, 2.75) is 25.5 Å². The van der Waals surface area contributed by atoms with Crippen molar-refractivity contribution in [3.05, 3.63) is 56.8 Å². The number of nitro groups is 1. The van der Waals surface area contributed by atoms with Crippen LogP contribution in [0.1, 0.15) is 17.7 Å². The van der Waals surface area contributed by atoms with Gasteiger partial charge in [0, 0.05) is 30.2 Å². The minimum Gasteiger partial charge on any atom is -0.484 e. The molecule has 0 bridgehead atoms. The molecule has 8 heteroatoms. The van der Waals surface area contributed by atoms with Gasteiger partial charge in [-0.05, 0) is 36.4 Å². The van der Waals surface area contributed by atoms with E-state index in [2.05, 4.69) is 0 Å². The number of carbonyl (C=O) groups is 1. The Morgan fingerprint density at radius 1 is 1.35 bits per heavy atom. The summed E-state index contributed by atoms with van der Waals surface area (Å²) in [6, 6.07) is 9.66. The van der Waals surface area contributed by atoms with Crippen LogP contribution in [0.4, 0.5) is 5.69 Å². The van der Waals surface area contributed by atoms with Crippen LogP contribution in [0.2, 0.25) is 0 Å². The van der Waals surface area contributed by atoms with Crippen LogP contribution in [-0.4, -0.2) is 41.6 Å². The summed E-state index contributed by atoms with van der Waals surface area (Å²) >= 11 is 1.61. The van der Waals surface area contributed by atoms with Gasteiger partial charge in [0.1, 0.15) is 5.75 Å². The first-order valence-electron chi connectivity index (χ1n) is 8.41. The fraction of sp³-hybridized carbons (Fsp3) is 0.389. The van der Waals surface area contributed by atoms with Crippen LogP contribution in [0.25, 0.3) is 0 Å². The number of hydrogen-bond donors (Lipinski definition) is 0. The topological polar surface area (TPSA) is 81.9 Å². The van der Waals surface area contributed by atoms with Crippen molar-refractivity contribution in [1.82, 2.24) is 4.90 Å². The summed E-state index contributed by atoms with van der Waals surface area (Å²) in [6.07, 6.45) is 2.04. The van der Waals surface area contributed by atoms with Crippen molar-refractivity contribution in [3.63, 3.8) is 0 Å². The molecule has 1 atom stereocenters. The Balaban J connectivity index is 1.59. The molecule has 1 aromatic carbocycles. The van der Waals surface area contributed by atoms with Gasteiger partial charge >= 0.3 is 0 Å². The lowest BCUT2D eigenvalue weighted by molar-refractivity contribution is -0.384. The van der Waals surface area contributed by atoms with E-state index in [0.717, 1.165) is 24.3 Å². The van der Waals surface area contributed by atoms with E-state index in [-0.39, 0.29) is 24.3 Å². The zero-order valence-corrected chi connectivity index (χ0v) is 15.0. The quantitative estimate of drug-likeness (QED) is 0.522. The molecular formula is C18H20N2O5S. The van der Waals surface area contributed by atoms with Crippen LogP contribution in [0, 0.1) is 10.1 Å². The minimum absolute atomic E-state index is 0.0126. The van der Waals surface area contributed by atoms with Crippen molar-refractivity contribution in [2.75, 3.05) is 19.8 Å². The first kappa shape index (κ1) is 18.3. The zero-order chi connectivity index (χ0) is 18.4. The molecule has 3 rings (SSSR count). The number of non-ortho nitro benzene ring substituents is 1.